The number of hydrogen-bond acceptors (Lipinski definition) is 8. The Balaban J connectivity index is 1.64. The maximum atomic E-state index is 13.4. The Morgan fingerprint density at radius 1 is 1.58 bits per heavy atom. The number of aromatic nitrogens is 2. The number of rotatable bonds is 7. The molecular weight excluding hydrogens is 367 g/mol. The molecule has 1 heterocycles. The van der Waals surface area contributed by atoms with Crippen molar-refractivity contribution in [2.24, 2.45) is 5.16 Å². The van der Waals surface area contributed by atoms with Crippen molar-refractivity contribution in [1.29, 1.82) is 4.78 Å². The lowest BCUT2D eigenvalue weighted by Crippen LogP contribution is -2.36. The minimum absolute atomic E-state index is 0.0292. The van der Waals surface area contributed by atoms with Crippen LogP contribution in [0, 0.1) is 10.6 Å². The molecule has 1 unspecified atom stereocenters. The van der Waals surface area contributed by atoms with Crippen molar-refractivity contribution in [2.75, 3.05) is 19.4 Å². The average Bonchev–Trinajstić information content (AvgIpc) is 3.02. The molecule has 1 aliphatic carbocycles. The zero-order chi connectivity index (χ0) is 18.7. The van der Waals surface area contributed by atoms with Gasteiger partial charge in [-0.3, -0.25) is 0 Å². The number of oxime groups is 1. The van der Waals surface area contributed by atoms with Gasteiger partial charge in [-0.25, -0.2) is 22.7 Å². The van der Waals surface area contributed by atoms with Crippen LogP contribution < -0.4 is 14.8 Å². The Morgan fingerprint density at radius 3 is 3.12 bits per heavy atom. The first-order valence-corrected chi connectivity index (χ1v) is 9.55. The summed E-state index contributed by atoms with van der Waals surface area (Å²) in [5, 5.41) is 22.6. The van der Waals surface area contributed by atoms with Gasteiger partial charge in [0.25, 0.3) is 5.88 Å². The highest BCUT2D eigenvalue weighted by Crippen LogP contribution is 2.33. The molecule has 3 rings (SSSR count). The molecule has 0 amide bonds. The van der Waals surface area contributed by atoms with Gasteiger partial charge in [-0.15, -0.1) is 0 Å². The number of ether oxygens (including phenoxy) is 1. The molecule has 1 aromatic heterocycles. The molecule has 0 bridgehead atoms. The number of halogens is 1. The number of nitrogens with one attached hydrogen (secondary N) is 3. The van der Waals surface area contributed by atoms with Crippen LogP contribution in [0.15, 0.2) is 28.0 Å². The predicted octanol–water partition coefficient (Wildman–Crippen LogP) is 0.791. The third-order valence-corrected chi connectivity index (χ3v) is 4.47. The zero-order valence-electron chi connectivity index (χ0n) is 13.7. The highest BCUT2D eigenvalue weighted by Gasteiger charge is 2.30. The Morgan fingerprint density at radius 2 is 2.38 bits per heavy atom. The Kier molecular flexibility index (Phi) is 5.04. The minimum atomic E-state index is -2.84. The molecule has 1 aromatic carbocycles. The Labute approximate surface area is 148 Å². The van der Waals surface area contributed by atoms with E-state index in [2.05, 4.69) is 30.1 Å². The van der Waals surface area contributed by atoms with E-state index in [4.69, 9.17) is 9.52 Å². The van der Waals surface area contributed by atoms with Crippen molar-refractivity contribution in [3.05, 3.63) is 40.8 Å². The number of amidine groups is 1. The molecule has 0 radical (unpaired) electrons. The fraction of sp³-hybridized carbons (Fsp3) is 0.357. The Hall–Kier alpha value is -2.73. The topological polar surface area (TPSA) is 146 Å². The number of fused-ring (bicyclic) bond motifs is 1. The molecule has 0 saturated carbocycles. The van der Waals surface area contributed by atoms with Gasteiger partial charge in [0.1, 0.15) is 22.3 Å². The molecule has 2 atom stereocenters. The quantitative estimate of drug-likeness (QED) is 0.181. The highest BCUT2D eigenvalue weighted by atomic mass is 32.2. The van der Waals surface area contributed by atoms with Gasteiger partial charge in [-0.2, -0.15) is 0 Å². The molecule has 1 aliphatic rings. The molecule has 140 valence electrons. The predicted molar refractivity (Wildman–Crippen MR) is 88.9 cm³/mol. The monoisotopic (exact) mass is 384 g/mol. The van der Waals surface area contributed by atoms with Gasteiger partial charge in [0.05, 0.1) is 6.04 Å². The van der Waals surface area contributed by atoms with Crippen molar-refractivity contribution in [2.45, 2.75) is 12.5 Å². The zero-order valence-corrected chi connectivity index (χ0v) is 14.5. The molecule has 0 fully saturated rings. The van der Waals surface area contributed by atoms with E-state index >= 15 is 0 Å². The first-order chi connectivity index (χ1) is 12.4. The lowest BCUT2D eigenvalue weighted by Gasteiger charge is -2.31. The van der Waals surface area contributed by atoms with E-state index in [9.17, 15) is 13.8 Å². The summed E-state index contributed by atoms with van der Waals surface area (Å²) in [6.45, 7) is 0.181. The van der Waals surface area contributed by atoms with Crippen LogP contribution in [0.5, 0.6) is 5.88 Å². The van der Waals surface area contributed by atoms with E-state index in [1.54, 1.807) is 6.07 Å². The SMILES string of the molecule is CS(=N)(=O)NCCOc1nonc1/C(=N\O)N[C@H]1Cc2ccc(F)cc21. The van der Waals surface area contributed by atoms with Crippen LogP contribution in [0.4, 0.5) is 4.39 Å². The van der Waals surface area contributed by atoms with Crippen LogP contribution in [0.25, 0.3) is 0 Å². The summed E-state index contributed by atoms with van der Waals surface area (Å²) in [5.74, 6) is -0.411. The summed E-state index contributed by atoms with van der Waals surface area (Å²) in [6.07, 6.45) is 1.88. The average molecular weight is 384 g/mol. The van der Waals surface area contributed by atoms with Gasteiger partial charge in [0, 0.05) is 12.8 Å². The standard InChI is InChI=1S/C14H17FN6O4S/c1-26(16,23)17-4-5-24-14-12(20-25-21-14)13(19-22)18-11-6-8-2-3-9(15)7-10(8)11/h2-3,7,11,22H,4-6H2,1H3,(H,18,19)(H2,16,17,23)/t11-,26?/m0/s1. The summed E-state index contributed by atoms with van der Waals surface area (Å²) >= 11 is 0. The number of benzene rings is 1. The molecule has 4 N–H and O–H groups in total. The van der Waals surface area contributed by atoms with Gasteiger partial charge in [0.2, 0.25) is 11.5 Å². The summed E-state index contributed by atoms with van der Waals surface area (Å²) in [6, 6.07) is 4.27. The maximum Gasteiger partial charge on any atom is 0.287 e. The third kappa shape index (κ3) is 4.08. The van der Waals surface area contributed by atoms with Crippen molar-refractivity contribution < 1.29 is 23.2 Å². The van der Waals surface area contributed by atoms with E-state index in [-0.39, 0.29) is 42.4 Å². The van der Waals surface area contributed by atoms with Gasteiger partial charge in [-0.1, -0.05) is 11.2 Å². The summed E-state index contributed by atoms with van der Waals surface area (Å²) < 4.78 is 44.3. The van der Waals surface area contributed by atoms with Crippen molar-refractivity contribution in [3.8, 4) is 5.88 Å². The van der Waals surface area contributed by atoms with Crippen molar-refractivity contribution in [1.82, 2.24) is 20.4 Å². The van der Waals surface area contributed by atoms with Crippen molar-refractivity contribution in [3.63, 3.8) is 0 Å². The van der Waals surface area contributed by atoms with Crippen LogP contribution >= 0.6 is 0 Å². The van der Waals surface area contributed by atoms with E-state index in [1.807, 2.05) is 0 Å². The van der Waals surface area contributed by atoms with Crippen LogP contribution in [0.3, 0.4) is 0 Å². The van der Waals surface area contributed by atoms with Crippen LogP contribution in [0.1, 0.15) is 22.9 Å². The fourth-order valence-electron chi connectivity index (χ4n) is 2.52. The smallest absolute Gasteiger partial charge is 0.287 e. The second kappa shape index (κ2) is 7.25. The van der Waals surface area contributed by atoms with E-state index in [1.165, 1.54) is 18.4 Å². The second-order valence-electron chi connectivity index (χ2n) is 5.70. The van der Waals surface area contributed by atoms with Crippen LogP contribution in [-0.2, 0) is 16.3 Å². The summed E-state index contributed by atoms with van der Waals surface area (Å²) in [4.78, 5) is 0. The third-order valence-electron chi connectivity index (χ3n) is 3.72. The van der Waals surface area contributed by atoms with Gasteiger partial charge in [-0.05, 0) is 40.0 Å². The summed E-state index contributed by atoms with van der Waals surface area (Å²) in [5.41, 5.74) is 1.81. The lowest BCUT2D eigenvalue weighted by atomic mass is 9.83. The van der Waals surface area contributed by atoms with Gasteiger partial charge >= 0.3 is 0 Å². The maximum absolute atomic E-state index is 13.4. The first-order valence-electron chi connectivity index (χ1n) is 7.58. The van der Waals surface area contributed by atoms with E-state index in [0.717, 1.165) is 11.1 Å². The molecule has 0 spiro atoms. The fourth-order valence-corrected chi connectivity index (χ4v) is 2.99. The molecule has 26 heavy (non-hydrogen) atoms. The summed E-state index contributed by atoms with van der Waals surface area (Å²) in [7, 11) is -2.84. The first kappa shape index (κ1) is 18.1. The highest BCUT2D eigenvalue weighted by molar-refractivity contribution is 7.89. The molecular formula is C14H17FN6O4S. The molecule has 10 nitrogen and oxygen atoms in total. The van der Waals surface area contributed by atoms with Gasteiger partial charge in [0.15, 0.2) is 0 Å². The molecule has 0 saturated heterocycles. The van der Waals surface area contributed by atoms with E-state index in [0.29, 0.717) is 6.42 Å². The lowest BCUT2D eigenvalue weighted by molar-refractivity contribution is 0.258. The normalized spacial score (nSPS) is 18.5. The molecule has 12 heteroatoms. The number of hydrogen-bond donors (Lipinski definition) is 4. The second-order valence-corrected chi connectivity index (χ2v) is 7.67. The van der Waals surface area contributed by atoms with Crippen molar-refractivity contribution >= 4 is 15.8 Å². The van der Waals surface area contributed by atoms with E-state index < -0.39 is 9.92 Å². The Bertz CT molecular complexity index is 929. The minimum Gasteiger partial charge on any atom is -0.472 e. The van der Waals surface area contributed by atoms with Crippen LogP contribution in [-0.4, -0.2) is 45.0 Å². The van der Waals surface area contributed by atoms with Gasteiger partial charge < -0.3 is 15.3 Å². The number of nitrogens with zero attached hydrogens (tertiary/aromatic N) is 3. The van der Waals surface area contributed by atoms with Crippen LogP contribution in [0.2, 0.25) is 0 Å². The molecule has 0 aliphatic heterocycles. The molecule has 2 aromatic rings. The largest absolute Gasteiger partial charge is 0.472 e.